The zero-order chi connectivity index (χ0) is 56.9. The number of carbonyl (C=O) groups is 5. The maximum absolute atomic E-state index is 9.98. The number of hydrogen-bond acceptors (Lipinski definition) is 15. The largest absolute Gasteiger partial charge is 0.481 e. The number of primary amides is 1. The third-order valence-corrected chi connectivity index (χ3v) is 7.14. The highest BCUT2D eigenvalue weighted by molar-refractivity contribution is 5.73. The van der Waals surface area contributed by atoms with Crippen molar-refractivity contribution in [3.05, 3.63) is 20.2 Å². The van der Waals surface area contributed by atoms with E-state index in [1.54, 1.807) is 0 Å². The highest BCUT2D eigenvalue weighted by atomic mass is 16.6. The highest BCUT2D eigenvalue weighted by Gasteiger charge is 1.95. The molecule has 0 aromatic carbocycles. The van der Waals surface area contributed by atoms with Gasteiger partial charge in [-0.25, -0.2) is 0 Å². The van der Waals surface area contributed by atoms with E-state index < -0.39 is 33.7 Å². The molecule has 0 aliphatic heterocycles. The van der Waals surface area contributed by atoms with Crippen LogP contribution in [0.25, 0.3) is 0 Å². The number of nitro groups is 2. The van der Waals surface area contributed by atoms with Gasteiger partial charge in [0.15, 0.2) is 14.1 Å². The Balaban J connectivity index is -0.0000000305. The summed E-state index contributed by atoms with van der Waals surface area (Å²) in [6.45, 7) is 25.4. The lowest BCUT2D eigenvalue weighted by molar-refractivity contribution is -0.445. The maximum Gasteiger partial charge on any atom is 0.303 e. The van der Waals surface area contributed by atoms with Crippen LogP contribution in [0.1, 0.15) is 229 Å². The molecule has 0 unspecified atom stereocenters. The molecule has 0 saturated heterocycles. The fourth-order valence-electron chi connectivity index (χ4n) is 3.87. The molecule has 0 aliphatic carbocycles. The van der Waals surface area contributed by atoms with E-state index in [9.17, 15) is 24.0 Å². The van der Waals surface area contributed by atoms with E-state index in [0.717, 1.165) is 78.3 Å². The number of nitrogens with two attached hydrogens (primary N) is 2. The minimum atomic E-state index is -0.693. The fourth-order valence-corrected chi connectivity index (χ4v) is 3.87. The molecule has 1 amide bonds. The van der Waals surface area contributed by atoms with Crippen molar-refractivity contribution >= 4 is 29.8 Å². The van der Waals surface area contributed by atoms with Gasteiger partial charge in [0.2, 0.25) is 5.91 Å². The van der Waals surface area contributed by atoms with Gasteiger partial charge in [0.1, 0.15) is 0 Å². The first-order valence-corrected chi connectivity index (χ1v) is 24.4. The first kappa shape index (κ1) is 124. The lowest BCUT2D eigenvalue weighted by Crippen LogP contribution is -2.25. The number of amides is 1. The maximum atomic E-state index is 9.98. The summed E-state index contributed by atoms with van der Waals surface area (Å²) >= 11 is 0. The summed E-state index contributed by atoms with van der Waals surface area (Å²) in [5.41, 5.74) is 9.34. The highest BCUT2D eigenvalue weighted by Crippen LogP contribution is 1.94. The van der Waals surface area contributed by atoms with Gasteiger partial charge in [-0.1, -0.05) is 139 Å². The van der Waals surface area contributed by atoms with Crippen molar-refractivity contribution in [2.75, 3.05) is 94.8 Å². The fraction of sp³-hybridized carbons (Fsp3) is 0.906. The number of carbonyl (C=O) groups excluding carboxylic acids is 1. The van der Waals surface area contributed by atoms with E-state index in [1.165, 1.54) is 58.9 Å². The smallest absolute Gasteiger partial charge is 0.303 e. The lowest BCUT2D eigenvalue weighted by atomic mass is 10.2. The number of nitrogens with zero attached hydrogens (tertiary/aromatic N) is 5. The zero-order valence-electron chi connectivity index (χ0n) is 46.8. The number of unbranched alkanes of at least 4 members (excludes halogenated alkanes) is 5. The minimum absolute atomic E-state index is 0. The zero-order valence-corrected chi connectivity index (χ0v) is 46.8. The SMILES string of the molecule is C.C.C.C.C.C.CCCCC(=O)O.CCCCC(=O)O.CCCCC(=O)O.CCCCC(=O)O.CCCCC(N)=O.CCCN(C)CCC.CCCN(C)CCC.CN.CN(CCO)CCO.C[N+](=O)[O-].C[N+](=O)[O-].O. The Morgan fingerprint density at radius 2 is 0.539 bits per heavy atom. The molecule has 0 radical (unpaired) electrons. The van der Waals surface area contributed by atoms with Crippen molar-refractivity contribution in [1.29, 1.82) is 0 Å². The van der Waals surface area contributed by atoms with Crippen molar-refractivity contribution < 1.29 is 69.9 Å². The summed E-state index contributed by atoms with van der Waals surface area (Å²) < 4.78 is 0. The Morgan fingerprint density at radius 3 is 0.618 bits per heavy atom. The molecule has 12 N–H and O–H groups in total. The van der Waals surface area contributed by atoms with Crippen LogP contribution in [0.4, 0.5) is 0 Å². The van der Waals surface area contributed by atoms with Crippen LogP contribution in [0.3, 0.4) is 0 Å². The second-order valence-electron chi connectivity index (χ2n) is 14.8. The number of aliphatic hydroxyl groups is 2. The molecule has 0 bridgehead atoms. The van der Waals surface area contributed by atoms with Crippen LogP contribution < -0.4 is 11.5 Å². The summed E-state index contributed by atoms with van der Waals surface area (Å²) in [5, 5.41) is 66.5. The number of rotatable bonds is 27. The first-order chi connectivity index (χ1) is 32.2. The monoisotopic (exact) mass is 1130 g/mol. The van der Waals surface area contributed by atoms with E-state index in [1.807, 2.05) is 46.6 Å². The van der Waals surface area contributed by atoms with Gasteiger partial charge in [0.25, 0.3) is 0 Å². The molecular weight excluding hydrogens is 991 g/mol. The Bertz CT molecular complexity index is 864. The number of likely N-dealkylation sites (N-methyl/N-ethyl adjacent to an activating group) is 1. The van der Waals surface area contributed by atoms with Gasteiger partial charge in [0, 0.05) is 55.0 Å². The van der Waals surface area contributed by atoms with Crippen LogP contribution in [0.2, 0.25) is 0 Å². The molecule has 478 valence electrons. The van der Waals surface area contributed by atoms with Crippen molar-refractivity contribution in [3.8, 4) is 0 Å². The van der Waals surface area contributed by atoms with Gasteiger partial charge in [-0.2, -0.15) is 0 Å². The predicted octanol–water partition coefficient (Wildman–Crippen LogP) is 10.4. The quantitative estimate of drug-likeness (QED) is 0.0280. The molecule has 0 saturated carbocycles. The van der Waals surface area contributed by atoms with Crippen LogP contribution in [-0.4, -0.2) is 185 Å². The van der Waals surface area contributed by atoms with E-state index in [-0.39, 0.29) is 69.2 Å². The van der Waals surface area contributed by atoms with Gasteiger partial charge < -0.3 is 62.3 Å². The third kappa shape index (κ3) is 289. The Morgan fingerprint density at radius 1 is 0.395 bits per heavy atom. The number of carboxylic acids is 4. The van der Waals surface area contributed by atoms with Gasteiger partial charge in [-0.3, -0.25) is 44.2 Å². The topological polar surface area (TPSA) is 386 Å². The van der Waals surface area contributed by atoms with Crippen molar-refractivity contribution in [1.82, 2.24) is 14.7 Å². The second kappa shape index (κ2) is 124. The molecule has 0 aromatic heterocycles. The van der Waals surface area contributed by atoms with Crippen molar-refractivity contribution in [2.24, 2.45) is 11.5 Å². The Labute approximate surface area is 468 Å². The molecule has 23 heteroatoms. The molecule has 0 aromatic rings. The van der Waals surface area contributed by atoms with E-state index in [0.29, 0.717) is 45.2 Å². The van der Waals surface area contributed by atoms with Crippen molar-refractivity contribution in [2.45, 2.75) is 229 Å². The number of aliphatic carboxylic acids is 4. The molecule has 76 heavy (non-hydrogen) atoms. The van der Waals surface area contributed by atoms with Gasteiger partial charge in [-0.05, 0) is 112 Å². The third-order valence-electron chi connectivity index (χ3n) is 7.14. The molecule has 0 aliphatic rings. The molecule has 0 atom stereocenters. The van der Waals surface area contributed by atoms with Gasteiger partial charge in [0.05, 0.1) is 13.2 Å². The van der Waals surface area contributed by atoms with Gasteiger partial charge in [-0.15, -0.1) is 0 Å². The first-order valence-electron chi connectivity index (χ1n) is 24.4. The average Bonchev–Trinajstić information content (AvgIpc) is 3.25. The van der Waals surface area contributed by atoms with Gasteiger partial charge >= 0.3 is 23.9 Å². The van der Waals surface area contributed by atoms with Crippen LogP contribution >= 0.6 is 0 Å². The summed E-state index contributed by atoms with van der Waals surface area (Å²) in [5.74, 6) is -2.96. The second-order valence-corrected chi connectivity index (χ2v) is 14.8. The number of carboxylic acid groups (broad SMARTS) is 4. The summed E-state index contributed by atoms with van der Waals surface area (Å²) in [4.78, 5) is 72.2. The van der Waals surface area contributed by atoms with E-state index >= 15 is 0 Å². The summed E-state index contributed by atoms with van der Waals surface area (Å²) in [7, 11) is 9.48. The Hall–Kier alpha value is -4.13. The molecule has 0 fully saturated rings. The predicted molar refractivity (Wildman–Crippen MR) is 325 cm³/mol. The molecule has 0 rings (SSSR count). The summed E-state index contributed by atoms with van der Waals surface area (Å²) in [6.07, 6.45) is 15.9. The average molecular weight is 1130 g/mol. The number of hydrogen-bond donors (Lipinski definition) is 8. The summed E-state index contributed by atoms with van der Waals surface area (Å²) in [6, 6.07) is 0. The van der Waals surface area contributed by atoms with Crippen LogP contribution in [0.5, 0.6) is 0 Å². The van der Waals surface area contributed by atoms with Crippen LogP contribution in [0.15, 0.2) is 0 Å². The standard InChI is InChI=1S/2C7H17N.C5H13NO2.C5H11NO.4C5H10O2.2CH3NO2.CH5N.6CH4.H2O/c2*1-4-6-8(3)7-5-2;1-6(2-4-7)3-5-8;5*1-2-3-4-5(6)7;2*1-2(3)4;1-2;;;;;;;/h2*4-7H2,1-3H3;7-8H,2-5H2,1H3;2-4H2,1H3,(H2,6,7);4*2-4H2,1H3,(H,6,7);2*1H3;2H2,1H3;6*1H4;1H2. The Kier molecular flexibility index (Phi) is 203. The van der Waals surface area contributed by atoms with Crippen molar-refractivity contribution in [3.63, 3.8) is 0 Å². The minimum Gasteiger partial charge on any atom is -0.481 e. The van der Waals surface area contributed by atoms with Crippen LogP contribution in [-0.2, 0) is 24.0 Å². The van der Waals surface area contributed by atoms with E-state index in [2.05, 4.69) is 57.3 Å². The molecule has 0 spiro atoms. The lowest BCUT2D eigenvalue weighted by Gasteiger charge is -2.12. The molecular formula is C53H135N7O16. The van der Waals surface area contributed by atoms with E-state index in [4.69, 9.17) is 56.6 Å². The van der Waals surface area contributed by atoms with Crippen LogP contribution in [0, 0.1) is 20.2 Å². The normalized spacial score (nSPS) is 8.07. The molecule has 23 nitrogen and oxygen atoms in total. The number of aliphatic hydroxyl groups excluding tert-OH is 2. The molecule has 0 heterocycles.